The van der Waals surface area contributed by atoms with Crippen LogP contribution in [0, 0.1) is 0 Å². The van der Waals surface area contributed by atoms with Gasteiger partial charge in [-0.1, -0.05) is 0 Å². The van der Waals surface area contributed by atoms with Crippen LogP contribution < -0.4 is 5.32 Å². The number of amides is 1. The second kappa shape index (κ2) is 5.07. The SMILES string of the molecule is CCOCc1ccnc(C(=O)NC2CC2)c1. The summed E-state index contributed by atoms with van der Waals surface area (Å²) in [6.07, 6.45) is 3.82. The first-order chi connectivity index (χ1) is 7.79. The van der Waals surface area contributed by atoms with Gasteiger partial charge in [0, 0.05) is 18.8 Å². The van der Waals surface area contributed by atoms with E-state index in [1.54, 1.807) is 12.3 Å². The van der Waals surface area contributed by atoms with E-state index in [0.717, 1.165) is 18.4 Å². The van der Waals surface area contributed by atoms with Gasteiger partial charge in [0.15, 0.2) is 0 Å². The van der Waals surface area contributed by atoms with E-state index in [4.69, 9.17) is 4.74 Å². The molecule has 0 radical (unpaired) electrons. The molecule has 1 aliphatic carbocycles. The molecule has 86 valence electrons. The maximum absolute atomic E-state index is 11.7. The number of aromatic nitrogens is 1. The number of rotatable bonds is 5. The zero-order chi connectivity index (χ0) is 11.4. The Balaban J connectivity index is 1.99. The van der Waals surface area contributed by atoms with E-state index < -0.39 is 0 Å². The maximum atomic E-state index is 11.7. The first kappa shape index (κ1) is 11.1. The van der Waals surface area contributed by atoms with Crippen LogP contribution in [0.5, 0.6) is 0 Å². The van der Waals surface area contributed by atoms with E-state index in [9.17, 15) is 4.79 Å². The number of hydrogen-bond donors (Lipinski definition) is 1. The van der Waals surface area contributed by atoms with Crippen LogP contribution >= 0.6 is 0 Å². The molecule has 4 nitrogen and oxygen atoms in total. The Morgan fingerprint density at radius 1 is 1.62 bits per heavy atom. The molecule has 2 rings (SSSR count). The lowest BCUT2D eigenvalue weighted by Crippen LogP contribution is -2.26. The predicted molar refractivity (Wildman–Crippen MR) is 60.1 cm³/mol. The van der Waals surface area contributed by atoms with E-state index in [-0.39, 0.29) is 5.91 Å². The fourth-order valence-electron chi connectivity index (χ4n) is 1.40. The van der Waals surface area contributed by atoms with E-state index >= 15 is 0 Å². The first-order valence-electron chi connectivity index (χ1n) is 5.63. The predicted octanol–water partition coefficient (Wildman–Crippen LogP) is 1.51. The summed E-state index contributed by atoms with van der Waals surface area (Å²) in [7, 11) is 0. The topological polar surface area (TPSA) is 51.2 Å². The average molecular weight is 220 g/mol. The zero-order valence-corrected chi connectivity index (χ0v) is 9.40. The van der Waals surface area contributed by atoms with Gasteiger partial charge in [0.1, 0.15) is 5.69 Å². The van der Waals surface area contributed by atoms with Crippen molar-refractivity contribution < 1.29 is 9.53 Å². The third kappa shape index (κ3) is 3.03. The summed E-state index contributed by atoms with van der Waals surface area (Å²) in [6.45, 7) is 3.15. The highest BCUT2D eigenvalue weighted by Gasteiger charge is 2.24. The molecule has 1 N–H and O–H groups in total. The second-order valence-corrected chi connectivity index (χ2v) is 3.93. The third-order valence-electron chi connectivity index (χ3n) is 2.44. The van der Waals surface area contributed by atoms with Crippen LogP contribution in [-0.4, -0.2) is 23.5 Å². The normalized spacial score (nSPS) is 14.8. The molecule has 0 aliphatic heterocycles. The van der Waals surface area contributed by atoms with Gasteiger partial charge < -0.3 is 10.1 Å². The molecule has 0 spiro atoms. The summed E-state index contributed by atoms with van der Waals surface area (Å²) in [6, 6.07) is 4.02. The van der Waals surface area contributed by atoms with Crippen molar-refractivity contribution >= 4 is 5.91 Å². The Kier molecular flexibility index (Phi) is 3.51. The highest BCUT2D eigenvalue weighted by molar-refractivity contribution is 5.92. The highest BCUT2D eigenvalue weighted by Crippen LogP contribution is 2.19. The Labute approximate surface area is 95.0 Å². The molecule has 1 fully saturated rings. The minimum Gasteiger partial charge on any atom is -0.377 e. The fourth-order valence-corrected chi connectivity index (χ4v) is 1.40. The van der Waals surface area contributed by atoms with Crippen molar-refractivity contribution in [2.45, 2.75) is 32.4 Å². The quantitative estimate of drug-likeness (QED) is 0.818. The molecule has 1 heterocycles. The minimum atomic E-state index is -0.0825. The Morgan fingerprint density at radius 3 is 3.12 bits per heavy atom. The molecule has 1 aromatic heterocycles. The van der Waals surface area contributed by atoms with Crippen molar-refractivity contribution in [3.63, 3.8) is 0 Å². The van der Waals surface area contributed by atoms with Crippen molar-refractivity contribution in [1.82, 2.24) is 10.3 Å². The molecule has 1 aliphatic rings. The lowest BCUT2D eigenvalue weighted by Gasteiger charge is -2.05. The summed E-state index contributed by atoms with van der Waals surface area (Å²) < 4.78 is 5.29. The number of carbonyl (C=O) groups excluding carboxylic acids is 1. The minimum absolute atomic E-state index is 0.0825. The van der Waals surface area contributed by atoms with Gasteiger partial charge in [0.2, 0.25) is 0 Å². The summed E-state index contributed by atoms with van der Waals surface area (Å²) >= 11 is 0. The van der Waals surface area contributed by atoms with Gasteiger partial charge in [-0.05, 0) is 37.5 Å². The first-order valence-corrected chi connectivity index (χ1v) is 5.63. The van der Waals surface area contributed by atoms with Crippen molar-refractivity contribution in [1.29, 1.82) is 0 Å². The number of nitrogens with one attached hydrogen (secondary N) is 1. The summed E-state index contributed by atoms with van der Waals surface area (Å²) in [5.41, 5.74) is 1.46. The van der Waals surface area contributed by atoms with Crippen LogP contribution in [0.3, 0.4) is 0 Å². The molecule has 1 aromatic rings. The van der Waals surface area contributed by atoms with Crippen molar-refractivity contribution in [3.05, 3.63) is 29.6 Å². The van der Waals surface area contributed by atoms with Crippen LogP contribution in [0.25, 0.3) is 0 Å². The summed E-state index contributed by atoms with van der Waals surface area (Å²) in [5, 5.41) is 2.91. The molecule has 0 bridgehead atoms. The summed E-state index contributed by atoms with van der Waals surface area (Å²) in [5.74, 6) is -0.0825. The number of hydrogen-bond acceptors (Lipinski definition) is 3. The van der Waals surface area contributed by atoms with Crippen LogP contribution in [0.2, 0.25) is 0 Å². The third-order valence-corrected chi connectivity index (χ3v) is 2.44. The van der Waals surface area contributed by atoms with Crippen LogP contribution in [-0.2, 0) is 11.3 Å². The molecule has 16 heavy (non-hydrogen) atoms. The van der Waals surface area contributed by atoms with Gasteiger partial charge in [-0.25, -0.2) is 0 Å². The van der Waals surface area contributed by atoms with Crippen LogP contribution in [0.4, 0.5) is 0 Å². The number of carbonyl (C=O) groups is 1. The van der Waals surface area contributed by atoms with Gasteiger partial charge in [0.05, 0.1) is 6.61 Å². The van der Waals surface area contributed by atoms with Gasteiger partial charge in [-0.2, -0.15) is 0 Å². The van der Waals surface area contributed by atoms with Crippen molar-refractivity contribution in [2.75, 3.05) is 6.61 Å². The molecule has 0 unspecified atom stereocenters. The highest BCUT2D eigenvalue weighted by atomic mass is 16.5. The van der Waals surface area contributed by atoms with Gasteiger partial charge >= 0.3 is 0 Å². The standard InChI is InChI=1S/C12H16N2O2/c1-2-16-8-9-5-6-13-11(7-9)12(15)14-10-3-4-10/h5-7,10H,2-4,8H2,1H3,(H,14,15). The summed E-state index contributed by atoms with van der Waals surface area (Å²) in [4.78, 5) is 15.8. The molecule has 0 saturated heterocycles. The van der Waals surface area contributed by atoms with E-state index in [1.165, 1.54) is 0 Å². The molecular formula is C12H16N2O2. The molecular weight excluding hydrogens is 204 g/mol. The molecule has 1 amide bonds. The number of pyridine rings is 1. The largest absolute Gasteiger partial charge is 0.377 e. The fraction of sp³-hybridized carbons (Fsp3) is 0.500. The average Bonchev–Trinajstić information content (AvgIpc) is 3.10. The molecule has 0 atom stereocenters. The van der Waals surface area contributed by atoms with E-state index in [2.05, 4.69) is 10.3 Å². The van der Waals surface area contributed by atoms with E-state index in [1.807, 2.05) is 13.0 Å². The lowest BCUT2D eigenvalue weighted by atomic mass is 10.2. The lowest BCUT2D eigenvalue weighted by molar-refractivity contribution is 0.0945. The van der Waals surface area contributed by atoms with Gasteiger partial charge in [-0.3, -0.25) is 9.78 Å². The van der Waals surface area contributed by atoms with Gasteiger partial charge in [-0.15, -0.1) is 0 Å². The van der Waals surface area contributed by atoms with E-state index in [0.29, 0.717) is 24.9 Å². The Morgan fingerprint density at radius 2 is 2.44 bits per heavy atom. The van der Waals surface area contributed by atoms with Crippen LogP contribution in [0.1, 0.15) is 35.8 Å². The number of ether oxygens (including phenoxy) is 1. The zero-order valence-electron chi connectivity index (χ0n) is 9.40. The maximum Gasteiger partial charge on any atom is 0.270 e. The molecule has 4 heteroatoms. The second-order valence-electron chi connectivity index (χ2n) is 3.93. The van der Waals surface area contributed by atoms with Crippen molar-refractivity contribution in [2.24, 2.45) is 0 Å². The number of nitrogens with zero attached hydrogens (tertiary/aromatic N) is 1. The Hall–Kier alpha value is -1.42. The molecule has 1 saturated carbocycles. The monoisotopic (exact) mass is 220 g/mol. The smallest absolute Gasteiger partial charge is 0.270 e. The van der Waals surface area contributed by atoms with Crippen LogP contribution in [0.15, 0.2) is 18.3 Å². The Bertz CT molecular complexity index is 375. The molecule has 0 aromatic carbocycles. The van der Waals surface area contributed by atoms with Gasteiger partial charge in [0.25, 0.3) is 5.91 Å². The van der Waals surface area contributed by atoms with Crippen molar-refractivity contribution in [3.8, 4) is 0 Å².